The molecule has 1 atom stereocenters. The number of ether oxygens (including phenoxy) is 1. The van der Waals surface area contributed by atoms with Crippen molar-refractivity contribution in [3.8, 4) is 11.5 Å². The molecule has 0 bridgehead atoms. The van der Waals surface area contributed by atoms with Crippen LogP contribution in [0.25, 0.3) is 0 Å². The van der Waals surface area contributed by atoms with Gasteiger partial charge in [-0.15, -0.1) is 0 Å². The second-order valence-electron chi connectivity index (χ2n) is 5.20. The Morgan fingerprint density at radius 1 is 1.14 bits per heavy atom. The van der Waals surface area contributed by atoms with Crippen LogP contribution in [-0.4, -0.2) is 23.9 Å². The Kier molecular flexibility index (Phi) is 4.83. The number of aliphatic hydroxyl groups excluding tert-OH is 1. The van der Waals surface area contributed by atoms with Gasteiger partial charge >= 0.3 is 0 Å². The Balaban J connectivity index is 2.13. The molecule has 0 fully saturated rings. The van der Waals surface area contributed by atoms with Crippen LogP contribution >= 0.6 is 0 Å². The van der Waals surface area contributed by atoms with Crippen LogP contribution in [0, 0.1) is 0 Å². The van der Waals surface area contributed by atoms with Gasteiger partial charge in [-0.25, -0.2) is 0 Å². The number of methoxy groups -OCH3 is 1. The molecule has 0 heterocycles. The monoisotopic (exact) mass is 287 g/mol. The first-order chi connectivity index (χ1) is 10.1. The molecule has 4 heteroatoms. The molecule has 0 aliphatic heterocycles. The summed E-state index contributed by atoms with van der Waals surface area (Å²) in [4.78, 5) is 0. The summed E-state index contributed by atoms with van der Waals surface area (Å²) in [6, 6.07) is 15.0. The van der Waals surface area contributed by atoms with E-state index in [-0.39, 0.29) is 12.4 Å². The molecular formula is C17H21NO3. The summed E-state index contributed by atoms with van der Waals surface area (Å²) in [7, 11) is 1.56. The van der Waals surface area contributed by atoms with E-state index in [1.54, 1.807) is 19.2 Å². The van der Waals surface area contributed by atoms with Crippen LogP contribution in [0.2, 0.25) is 0 Å². The van der Waals surface area contributed by atoms with Gasteiger partial charge in [-0.3, -0.25) is 0 Å². The van der Waals surface area contributed by atoms with Gasteiger partial charge in [0, 0.05) is 18.2 Å². The van der Waals surface area contributed by atoms with Gasteiger partial charge in [0.25, 0.3) is 0 Å². The number of phenolic OH excluding ortho intramolecular Hbond substituents is 1. The molecule has 2 aromatic carbocycles. The normalized spacial score (nSPS) is 13.7. The van der Waals surface area contributed by atoms with E-state index in [0.717, 1.165) is 11.1 Å². The van der Waals surface area contributed by atoms with E-state index in [9.17, 15) is 10.2 Å². The molecule has 0 aliphatic rings. The van der Waals surface area contributed by atoms with Crippen molar-refractivity contribution in [2.75, 3.05) is 13.7 Å². The Morgan fingerprint density at radius 2 is 1.86 bits per heavy atom. The average molecular weight is 287 g/mol. The van der Waals surface area contributed by atoms with Crippen molar-refractivity contribution < 1.29 is 14.9 Å². The fraction of sp³-hybridized carbons (Fsp3) is 0.294. The van der Waals surface area contributed by atoms with Crippen molar-refractivity contribution in [3.63, 3.8) is 0 Å². The summed E-state index contributed by atoms with van der Waals surface area (Å²) < 4.78 is 5.07. The van der Waals surface area contributed by atoms with E-state index in [1.807, 2.05) is 43.3 Å². The third kappa shape index (κ3) is 3.54. The van der Waals surface area contributed by atoms with Gasteiger partial charge < -0.3 is 20.3 Å². The highest BCUT2D eigenvalue weighted by Gasteiger charge is 2.25. The number of phenols is 1. The van der Waals surface area contributed by atoms with Crippen LogP contribution in [-0.2, 0) is 12.1 Å². The molecule has 4 nitrogen and oxygen atoms in total. The maximum atomic E-state index is 9.98. The number of rotatable bonds is 6. The first kappa shape index (κ1) is 15.4. The Hall–Kier alpha value is -2.04. The smallest absolute Gasteiger partial charge is 0.123 e. The molecule has 3 N–H and O–H groups in total. The first-order valence-corrected chi connectivity index (χ1v) is 6.86. The van der Waals surface area contributed by atoms with E-state index in [4.69, 9.17) is 4.74 Å². The molecule has 0 saturated heterocycles. The molecule has 2 aromatic rings. The average Bonchev–Trinajstić information content (AvgIpc) is 2.54. The van der Waals surface area contributed by atoms with Gasteiger partial charge in [-0.1, -0.05) is 36.4 Å². The zero-order valence-corrected chi connectivity index (χ0v) is 12.3. The molecule has 2 rings (SSSR count). The Bertz CT molecular complexity index is 586. The van der Waals surface area contributed by atoms with Gasteiger partial charge in [0.2, 0.25) is 0 Å². The number of hydrogen-bond donors (Lipinski definition) is 3. The van der Waals surface area contributed by atoms with Crippen molar-refractivity contribution >= 4 is 0 Å². The van der Waals surface area contributed by atoms with E-state index in [0.29, 0.717) is 12.3 Å². The van der Waals surface area contributed by atoms with E-state index < -0.39 is 5.54 Å². The van der Waals surface area contributed by atoms with Crippen molar-refractivity contribution in [1.29, 1.82) is 0 Å². The van der Waals surface area contributed by atoms with Crippen LogP contribution < -0.4 is 10.1 Å². The minimum Gasteiger partial charge on any atom is -0.507 e. The third-order valence-electron chi connectivity index (χ3n) is 3.69. The maximum Gasteiger partial charge on any atom is 0.123 e. The third-order valence-corrected chi connectivity index (χ3v) is 3.69. The Morgan fingerprint density at radius 3 is 2.43 bits per heavy atom. The van der Waals surface area contributed by atoms with Gasteiger partial charge in [-0.2, -0.15) is 0 Å². The second-order valence-corrected chi connectivity index (χ2v) is 5.20. The standard InChI is InChI=1S/C17H21NO3/c1-17(12-19,14-6-4-3-5-7-14)18-11-13-8-9-15(21-2)10-16(13)20/h3-10,18-20H,11-12H2,1-2H3. The van der Waals surface area contributed by atoms with Crippen LogP contribution in [0.5, 0.6) is 11.5 Å². The molecule has 1 unspecified atom stereocenters. The zero-order valence-electron chi connectivity index (χ0n) is 12.3. The van der Waals surface area contributed by atoms with Crippen molar-refractivity contribution in [3.05, 3.63) is 59.7 Å². The maximum absolute atomic E-state index is 9.98. The number of benzene rings is 2. The molecular weight excluding hydrogens is 266 g/mol. The number of nitrogens with one attached hydrogen (secondary N) is 1. The highest BCUT2D eigenvalue weighted by molar-refractivity contribution is 5.39. The van der Waals surface area contributed by atoms with Crippen molar-refractivity contribution in [1.82, 2.24) is 5.32 Å². The van der Waals surface area contributed by atoms with Crippen LogP contribution in [0.15, 0.2) is 48.5 Å². The first-order valence-electron chi connectivity index (χ1n) is 6.86. The molecule has 0 aliphatic carbocycles. The van der Waals surface area contributed by atoms with Gasteiger partial charge in [0.15, 0.2) is 0 Å². The van der Waals surface area contributed by atoms with Crippen LogP contribution in [0.1, 0.15) is 18.1 Å². The lowest BCUT2D eigenvalue weighted by Crippen LogP contribution is -2.42. The second kappa shape index (κ2) is 6.61. The fourth-order valence-corrected chi connectivity index (χ4v) is 2.17. The highest BCUT2D eigenvalue weighted by atomic mass is 16.5. The summed E-state index contributed by atoms with van der Waals surface area (Å²) >= 11 is 0. The molecule has 0 radical (unpaired) electrons. The van der Waals surface area contributed by atoms with Gasteiger partial charge in [0.1, 0.15) is 11.5 Å². The van der Waals surface area contributed by atoms with Crippen LogP contribution in [0.4, 0.5) is 0 Å². The number of aromatic hydroxyl groups is 1. The summed E-state index contributed by atoms with van der Waals surface area (Å²) in [5, 5.41) is 23.0. The lowest BCUT2D eigenvalue weighted by molar-refractivity contribution is 0.173. The summed E-state index contributed by atoms with van der Waals surface area (Å²) in [6.07, 6.45) is 0. The fourth-order valence-electron chi connectivity index (χ4n) is 2.17. The van der Waals surface area contributed by atoms with E-state index in [2.05, 4.69) is 5.32 Å². The van der Waals surface area contributed by atoms with E-state index in [1.165, 1.54) is 0 Å². The molecule has 112 valence electrons. The molecule has 0 aromatic heterocycles. The Labute approximate surface area is 125 Å². The molecule has 0 amide bonds. The SMILES string of the molecule is COc1ccc(CNC(C)(CO)c2ccccc2)c(O)c1. The largest absolute Gasteiger partial charge is 0.507 e. The summed E-state index contributed by atoms with van der Waals surface area (Å²) in [5.41, 5.74) is 1.19. The minimum absolute atomic E-state index is 0.0338. The lowest BCUT2D eigenvalue weighted by atomic mass is 9.92. The van der Waals surface area contributed by atoms with Crippen LogP contribution in [0.3, 0.4) is 0 Å². The summed E-state index contributed by atoms with van der Waals surface area (Å²) in [6.45, 7) is 2.35. The van der Waals surface area contributed by atoms with E-state index >= 15 is 0 Å². The predicted molar refractivity (Wildman–Crippen MR) is 82.4 cm³/mol. The van der Waals surface area contributed by atoms with Crippen molar-refractivity contribution in [2.24, 2.45) is 0 Å². The molecule has 21 heavy (non-hydrogen) atoms. The quantitative estimate of drug-likeness (QED) is 0.763. The van der Waals surface area contributed by atoms with Gasteiger partial charge in [-0.05, 0) is 18.6 Å². The number of aliphatic hydroxyl groups is 1. The highest BCUT2D eigenvalue weighted by Crippen LogP contribution is 2.25. The number of hydrogen-bond acceptors (Lipinski definition) is 4. The van der Waals surface area contributed by atoms with Crippen molar-refractivity contribution in [2.45, 2.75) is 19.0 Å². The lowest BCUT2D eigenvalue weighted by Gasteiger charge is -2.29. The minimum atomic E-state index is -0.562. The zero-order chi connectivity index (χ0) is 15.3. The topological polar surface area (TPSA) is 61.7 Å². The molecule has 0 saturated carbocycles. The predicted octanol–water partition coefficient (Wildman–Crippen LogP) is 2.40. The van der Waals surface area contributed by atoms with Gasteiger partial charge in [0.05, 0.1) is 19.3 Å². The molecule has 0 spiro atoms. The summed E-state index contributed by atoms with van der Waals surface area (Å²) in [5.74, 6) is 0.791.